The normalized spacial score (nSPS) is 15.2. The molecule has 0 spiro atoms. The summed E-state index contributed by atoms with van der Waals surface area (Å²) in [4.78, 5) is 13.0. The van der Waals surface area contributed by atoms with Gasteiger partial charge in [0.25, 0.3) is 0 Å². The van der Waals surface area contributed by atoms with Crippen molar-refractivity contribution in [2.24, 2.45) is 0 Å². The van der Waals surface area contributed by atoms with Gasteiger partial charge in [-0.05, 0) is 34.9 Å². The van der Waals surface area contributed by atoms with Crippen molar-refractivity contribution < 1.29 is 14.6 Å². The highest BCUT2D eigenvalue weighted by molar-refractivity contribution is 5.67. The molecule has 0 aromatic heterocycles. The Bertz CT molecular complexity index is 203. The van der Waals surface area contributed by atoms with Gasteiger partial charge in [-0.3, -0.25) is 0 Å². The third-order valence-corrected chi connectivity index (χ3v) is 1.61. The summed E-state index contributed by atoms with van der Waals surface area (Å²) in [5.41, 5.74) is -0.945. The van der Waals surface area contributed by atoms with Gasteiger partial charge in [-0.25, -0.2) is 4.79 Å². The fourth-order valence-electron chi connectivity index (χ4n) is 1.26. The van der Waals surface area contributed by atoms with Crippen molar-refractivity contribution >= 4 is 6.09 Å². The Hall–Kier alpha value is -0.810. The predicted octanol–water partition coefficient (Wildman–Crippen LogP) is 0.434. The molecule has 0 fully saturated rings. The number of carbonyl (C=O) groups is 1. The first-order valence-corrected chi connectivity index (χ1v) is 5.04. The molecule has 0 aliphatic carbocycles. The van der Waals surface area contributed by atoms with Gasteiger partial charge in [0.15, 0.2) is 0 Å². The minimum Gasteiger partial charge on any atom is -0.447 e. The van der Waals surface area contributed by atoms with Crippen molar-refractivity contribution in [2.45, 2.75) is 32.5 Å². The molecule has 0 aliphatic rings. The van der Waals surface area contributed by atoms with Crippen LogP contribution in [0.3, 0.4) is 0 Å². The number of carbonyl (C=O) groups excluding carboxylic acids is 1. The molecule has 5 heteroatoms. The van der Waals surface area contributed by atoms with Gasteiger partial charge in [0.1, 0.15) is 0 Å². The lowest BCUT2D eigenvalue weighted by molar-refractivity contribution is 0.0303. The molecule has 0 aromatic rings. The van der Waals surface area contributed by atoms with Gasteiger partial charge in [0.05, 0.1) is 18.2 Å². The van der Waals surface area contributed by atoms with Crippen molar-refractivity contribution in [3.05, 3.63) is 0 Å². The van der Waals surface area contributed by atoms with Crippen LogP contribution in [-0.4, -0.2) is 55.0 Å². The van der Waals surface area contributed by atoms with E-state index in [-0.39, 0.29) is 12.6 Å². The van der Waals surface area contributed by atoms with Crippen LogP contribution in [0, 0.1) is 0 Å². The average Bonchev–Trinajstić information content (AvgIpc) is 1.97. The van der Waals surface area contributed by atoms with Crippen LogP contribution >= 0.6 is 0 Å². The molecule has 0 saturated carbocycles. The van der Waals surface area contributed by atoms with Crippen molar-refractivity contribution in [3.8, 4) is 0 Å². The van der Waals surface area contributed by atoms with E-state index in [0.29, 0.717) is 6.54 Å². The maximum Gasteiger partial charge on any atom is 0.407 e. The third kappa shape index (κ3) is 8.20. The zero-order valence-electron chi connectivity index (χ0n) is 10.2. The van der Waals surface area contributed by atoms with Crippen LogP contribution in [0.25, 0.3) is 0 Å². The second kappa shape index (κ2) is 5.92. The summed E-state index contributed by atoms with van der Waals surface area (Å²) in [6.45, 7) is 5.88. The third-order valence-electron chi connectivity index (χ3n) is 1.61. The molecule has 15 heavy (non-hydrogen) atoms. The zero-order valence-corrected chi connectivity index (χ0v) is 10.2. The first kappa shape index (κ1) is 14.2. The summed E-state index contributed by atoms with van der Waals surface area (Å²) in [6, 6.07) is 0. The molecule has 0 aromatic carbocycles. The van der Waals surface area contributed by atoms with E-state index in [1.165, 1.54) is 0 Å². The number of hydrogen-bond acceptors (Lipinski definition) is 4. The van der Waals surface area contributed by atoms with Crippen LogP contribution in [0.5, 0.6) is 0 Å². The van der Waals surface area contributed by atoms with Crippen LogP contribution in [0.1, 0.15) is 20.8 Å². The summed E-state index contributed by atoms with van der Waals surface area (Å²) >= 11 is 0. The van der Waals surface area contributed by atoms with Crippen LogP contribution in [0.15, 0.2) is 0 Å². The Morgan fingerprint density at radius 1 is 1.53 bits per heavy atom. The van der Waals surface area contributed by atoms with Gasteiger partial charge >= 0.3 is 6.09 Å². The van der Waals surface area contributed by atoms with Gasteiger partial charge in [0.2, 0.25) is 0 Å². The van der Waals surface area contributed by atoms with Crippen LogP contribution in [-0.2, 0) is 4.74 Å². The van der Waals surface area contributed by atoms with Crippen LogP contribution in [0.4, 0.5) is 4.79 Å². The van der Waals surface area contributed by atoms with Crippen LogP contribution < -0.4 is 5.32 Å². The van der Waals surface area contributed by atoms with E-state index < -0.39 is 11.7 Å². The number of hydrogen-bond donors (Lipinski definition) is 2. The number of nitrogens with one attached hydrogen (secondary N) is 1. The fraction of sp³-hybridized carbons (Fsp3) is 0.900. The van der Waals surface area contributed by atoms with Gasteiger partial charge in [0, 0.05) is 6.54 Å². The van der Waals surface area contributed by atoms with Gasteiger partial charge in [-0.2, -0.15) is 0 Å². The number of ether oxygens (including phenoxy) is 1. The lowest BCUT2D eigenvalue weighted by Gasteiger charge is -2.27. The number of rotatable bonds is 5. The molecule has 1 atom stereocenters. The maximum absolute atomic E-state index is 11.1. The molecular formula is C10H22N2O3. The van der Waals surface area contributed by atoms with Gasteiger partial charge < -0.3 is 20.1 Å². The smallest absolute Gasteiger partial charge is 0.407 e. The molecule has 0 bridgehead atoms. The first-order valence-electron chi connectivity index (χ1n) is 5.04. The molecular weight excluding hydrogens is 196 g/mol. The highest BCUT2D eigenvalue weighted by Gasteiger charge is 2.22. The monoisotopic (exact) mass is 218 g/mol. The highest BCUT2D eigenvalue weighted by Crippen LogP contribution is 2.02. The second-order valence-corrected chi connectivity index (χ2v) is 4.54. The van der Waals surface area contributed by atoms with E-state index in [1.54, 1.807) is 20.8 Å². The zero-order chi connectivity index (χ0) is 12.1. The first-order chi connectivity index (χ1) is 6.73. The summed E-state index contributed by atoms with van der Waals surface area (Å²) in [7, 11) is 3.72. The minimum atomic E-state index is -0.945. The minimum absolute atomic E-state index is 0.149. The number of aliphatic hydroxyl groups is 1. The van der Waals surface area contributed by atoms with E-state index in [0.717, 1.165) is 0 Å². The Kier molecular flexibility index (Phi) is 5.60. The Labute approximate surface area is 91.4 Å². The topological polar surface area (TPSA) is 61.8 Å². The maximum atomic E-state index is 11.1. The van der Waals surface area contributed by atoms with Crippen molar-refractivity contribution in [1.29, 1.82) is 0 Å². The quantitative estimate of drug-likeness (QED) is 0.702. The van der Waals surface area contributed by atoms with Crippen molar-refractivity contribution in [2.75, 3.05) is 27.2 Å². The number of likely N-dealkylation sites (N-methyl/N-ethyl adjacent to an activating group) is 1. The standard InChI is InChI=1S/C10H22N2O3/c1-8(2)15-9(13)11-6-10(3,14)7-12(4)5/h8,14H,6-7H2,1-5H3,(H,11,13). The molecule has 1 unspecified atom stereocenters. The van der Waals surface area contributed by atoms with Crippen molar-refractivity contribution in [3.63, 3.8) is 0 Å². The average molecular weight is 218 g/mol. The molecule has 0 heterocycles. The van der Waals surface area contributed by atoms with E-state index in [2.05, 4.69) is 5.32 Å². The van der Waals surface area contributed by atoms with E-state index in [4.69, 9.17) is 4.74 Å². The molecule has 0 radical (unpaired) electrons. The molecule has 1 amide bonds. The SMILES string of the molecule is CC(C)OC(=O)NCC(C)(O)CN(C)C. The Balaban J connectivity index is 3.87. The van der Waals surface area contributed by atoms with E-state index in [1.807, 2.05) is 19.0 Å². The molecule has 0 rings (SSSR count). The van der Waals surface area contributed by atoms with Gasteiger partial charge in [-0.15, -0.1) is 0 Å². The highest BCUT2D eigenvalue weighted by atomic mass is 16.6. The largest absolute Gasteiger partial charge is 0.447 e. The summed E-state index contributed by atoms with van der Waals surface area (Å²) in [5.74, 6) is 0. The number of amides is 1. The van der Waals surface area contributed by atoms with E-state index >= 15 is 0 Å². The summed E-state index contributed by atoms with van der Waals surface area (Å²) < 4.78 is 4.88. The molecule has 5 nitrogen and oxygen atoms in total. The Morgan fingerprint density at radius 2 is 2.07 bits per heavy atom. The van der Waals surface area contributed by atoms with Crippen LogP contribution in [0.2, 0.25) is 0 Å². The molecule has 0 saturated heterocycles. The number of nitrogens with zero attached hydrogens (tertiary/aromatic N) is 1. The Morgan fingerprint density at radius 3 is 2.47 bits per heavy atom. The summed E-state index contributed by atoms with van der Waals surface area (Å²) in [5, 5.41) is 12.4. The molecule has 90 valence electrons. The fourth-order valence-corrected chi connectivity index (χ4v) is 1.26. The predicted molar refractivity (Wildman–Crippen MR) is 58.8 cm³/mol. The van der Waals surface area contributed by atoms with Gasteiger partial charge in [-0.1, -0.05) is 0 Å². The van der Waals surface area contributed by atoms with Crippen molar-refractivity contribution in [1.82, 2.24) is 10.2 Å². The van der Waals surface area contributed by atoms with E-state index in [9.17, 15) is 9.90 Å². The second-order valence-electron chi connectivity index (χ2n) is 4.54. The molecule has 0 aliphatic heterocycles. The molecule has 2 N–H and O–H groups in total. The lowest BCUT2D eigenvalue weighted by Crippen LogP contribution is -2.47. The lowest BCUT2D eigenvalue weighted by atomic mass is 10.1. The number of alkyl carbamates (subject to hydrolysis) is 1. The summed E-state index contributed by atoms with van der Waals surface area (Å²) in [6.07, 6.45) is -0.646.